The quantitative estimate of drug-likeness (QED) is 0.844. The summed E-state index contributed by atoms with van der Waals surface area (Å²) in [6.45, 7) is 2.06. The largest absolute Gasteiger partial charge is 0.416 e. The van der Waals surface area contributed by atoms with E-state index in [0.29, 0.717) is 30.1 Å². The molecule has 2 aromatic rings. The van der Waals surface area contributed by atoms with E-state index in [0.717, 1.165) is 24.6 Å². The highest BCUT2D eigenvalue weighted by Crippen LogP contribution is 2.34. The van der Waals surface area contributed by atoms with Crippen LogP contribution in [0.4, 0.5) is 18.9 Å². The molecule has 0 spiro atoms. The van der Waals surface area contributed by atoms with Gasteiger partial charge in [-0.15, -0.1) is 0 Å². The highest BCUT2D eigenvalue weighted by molar-refractivity contribution is 6.34. The molecule has 0 saturated heterocycles. The number of hydrogen-bond acceptors (Lipinski definition) is 3. The summed E-state index contributed by atoms with van der Waals surface area (Å²) in [6, 6.07) is 2.76. The molecule has 3 rings (SSSR count). The van der Waals surface area contributed by atoms with E-state index in [4.69, 9.17) is 16.1 Å². The fraction of sp³-hybridized carbons (Fsp3) is 0.375. The van der Waals surface area contributed by atoms with Crippen LogP contribution in [0.15, 0.2) is 22.7 Å². The van der Waals surface area contributed by atoms with Gasteiger partial charge in [0.15, 0.2) is 5.69 Å². The molecule has 128 valence electrons. The molecule has 1 aromatic heterocycles. The van der Waals surface area contributed by atoms with E-state index in [1.54, 1.807) is 0 Å². The molecule has 0 saturated carbocycles. The summed E-state index contributed by atoms with van der Waals surface area (Å²) >= 11 is 5.89. The number of nitrogens with zero attached hydrogens (tertiary/aromatic N) is 1. The summed E-state index contributed by atoms with van der Waals surface area (Å²) in [5, 5.41) is 6.19. The van der Waals surface area contributed by atoms with Crippen molar-refractivity contribution in [3.63, 3.8) is 0 Å². The van der Waals surface area contributed by atoms with Gasteiger partial charge in [-0.25, -0.2) is 0 Å². The Morgan fingerprint density at radius 1 is 1.42 bits per heavy atom. The Balaban J connectivity index is 1.87. The first-order valence-electron chi connectivity index (χ1n) is 7.41. The zero-order chi connectivity index (χ0) is 17.5. The van der Waals surface area contributed by atoms with Crippen LogP contribution in [0.5, 0.6) is 0 Å². The molecule has 4 nitrogen and oxygen atoms in total. The lowest BCUT2D eigenvalue weighted by Crippen LogP contribution is -2.18. The number of hydrogen-bond donors (Lipinski definition) is 1. The van der Waals surface area contributed by atoms with E-state index < -0.39 is 17.6 Å². The molecule has 1 aliphatic carbocycles. The normalized spacial score (nSPS) is 17.5. The van der Waals surface area contributed by atoms with Crippen molar-refractivity contribution >= 4 is 23.2 Å². The van der Waals surface area contributed by atoms with Crippen LogP contribution < -0.4 is 5.32 Å². The smallest absolute Gasteiger partial charge is 0.360 e. The molecule has 1 amide bonds. The zero-order valence-corrected chi connectivity index (χ0v) is 13.5. The Hall–Kier alpha value is -2.02. The number of benzene rings is 1. The summed E-state index contributed by atoms with van der Waals surface area (Å²) in [6.07, 6.45) is -2.23. The molecule has 1 unspecified atom stereocenters. The van der Waals surface area contributed by atoms with E-state index in [1.165, 1.54) is 0 Å². The van der Waals surface area contributed by atoms with Gasteiger partial charge >= 0.3 is 6.18 Å². The highest BCUT2D eigenvalue weighted by Gasteiger charge is 2.32. The number of aromatic nitrogens is 1. The average molecular weight is 359 g/mol. The second-order valence-electron chi connectivity index (χ2n) is 5.93. The summed E-state index contributed by atoms with van der Waals surface area (Å²) < 4.78 is 43.6. The molecule has 24 heavy (non-hydrogen) atoms. The minimum absolute atomic E-state index is 0.0158. The Morgan fingerprint density at radius 2 is 2.17 bits per heavy atom. The van der Waals surface area contributed by atoms with Crippen molar-refractivity contribution in [3.05, 3.63) is 45.8 Å². The fourth-order valence-electron chi connectivity index (χ4n) is 2.74. The first kappa shape index (κ1) is 16.8. The van der Waals surface area contributed by atoms with Crippen molar-refractivity contribution in [1.29, 1.82) is 0 Å². The van der Waals surface area contributed by atoms with E-state index in [-0.39, 0.29) is 16.4 Å². The second kappa shape index (κ2) is 6.12. The Morgan fingerprint density at radius 3 is 2.88 bits per heavy atom. The Kier molecular flexibility index (Phi) is 4.29. The monoisotopic (exact) mass is 358 g/mol. The number of carbonyl (C=O) groups excluding carboxylic acids is 1. The molecular weight excluding hydrogens is 345 g/mol. The lowest BCUT2D eigenvalue weighted by Gasteiger charge is -2.16. The topological polar surface area (TPSA) is 55.1 Å². The predicted octanol–water partition coefficient (Wildman–Crippen LogP) is 4.72. The number of fused-ring (bicyclic) bond motifs is 1. The third kappa shape index (κ3) is 3.26. The van der Waals surface area contributed by atoms with Gasteiger partial charge in [0.2, 0.25) is 0 Å². The van der Waals surface area contributed by atoms with Crippen LogP contribution in [-0.4, -0.2) is 11.1 Å². The van der Waals surface area contributed by atoms with Crippen molar-refractivity contribution < 1.29 is 22.5 Å². The number of aryl methyl sites for hydroxylation is 1. The summed E-state index contributed by atoms with van der Waals surface area (Å²) in [4.78, 5) is 12.4. The second-order valence-corrected chi connectivity index (χ2v) is 6.33. The molecule has 1 atom stereocenters. The summed E-state index contributed by atoms with van der Waals surface area (Å²) in [5.74, 6) is 0.421. The molecule has 0 aliphatic heterocycles. The predicted molar refractivity (Wildman–Crippen MR) is 82.1 cm³/mol. The third-order valence-electron chi connectivity index (χ3n) is 4.04. The first-order chi connectivity index (χ1) is 11.3. The van der Waals surface area contributed by atoms with Gasteiger partial charge in [-0.2, -0.15) is 13.2 Å². The van der Waals surface area contributed by atoms with Crippen LogP contribution in [0, 0.1) is 5.92 Å². The van der Waals surface area contributed by atoms with Crippen molar-refractivity contribution in [2.24, 2.45) is 5.92 Å². The standard InChI is InChI=1S/C16H14ClF3N2O2/c1-8-2-5-13-10(6-8)14(22-24-13)15(23)21-12-7-9(16(18,19)20)3-4-11(12)17/h3-4,7-8H,2,5-6H2,1H3,(H,21,23). The van der Waals surface area contributed by atoms with E-state index in [9.17, 15) is 18.0 Å². The number of nitrogens with one attached hydrogen (secondary N) is 1. The van der Waals surface area contributed by atoms with Gasteiger partial charge in [0.1, 0.15) is 5.76 Å². The number of rotatable bonds is 2. The van der Waals surface area contributed by atoms with E-state index in [1.807, 2.05) is 0 Å². The lowest BCUT2D eigenvalue weighted by atomic mass is 9.88. The van der Waals surface area contributed by atoms with Gasteiger partial charge in [0.05, 0.1) is 16.3 Å². The van der Waals surface area contributed by atoms with Gasteiger partial charge in [-0.1, -0.05) is 23.7 Å². The van der Waals surface area contributed by atoms with Crippen LogP contribution in [0.1, 0.15) is 40.7 Å². The van der Waals surface area contributed by atoms with Crippen LogP contribution in [0.3, 0.4) is 0 Å². The molecule has 1 heterocycles. The highest BCUT2D eigenvalue weighted by atomic mass is 35.5. The van der Waals surface area contributed by atoms with Crippen molar-refractivity contribution in [2.75, 3.05) is 5.32 Å². The molecular formula is C16H14ClF3N2O2. The number of alkyl halides is 3. The van der Waals surface area contributed by atoms with E-state index in [2.05, 4.69) is 17.4 Å². The summed E-state index contributed by atoms with van der Waals surface area (Å²) in [5.41, 5.74) is -0.186. The molecule has 1 aliphatic rings. The zero-order valence-electron chi connectivity index (χ0n) is 12.7. The van der Waals surface area contributed by atoms with Crippen LogP contribution in [0.2, 0.25) is 5.02 Å². The van der Waals surface area contributed by atoms with Gasteiger partial charge in [-0.3, -0.25) is 4.79 Å². The maximum Gasteiger partial charge on any atom is 0.416 e. The Labute approximate surface area is 141 Å². The van der Waals surface area contributed by atoms with Crippen LogP contribution >= 0.6 is 11.6 Å². The maximum atomic E-state index is 12.8. The van der Waals surface area contributed by atoms with Crippen LogP contribution in [-0.2, 0) is 19.0 Å². The number of amides is 1. The Bertz CT molecular complexity index is 786. The van der Waals surface area contributed by atoms with Crippen molar-refractivity contribution in [1.82, 2.24) is 5.16 Å². The molecule has 8 heteroatoms. The molecule has 0 fully saturated rings. The van der Waals surface area contributed by atoms with E-state index >= 15 is 0 Å². The number of carbonyl (C=O) groups is 1. The minimum Gasteiger partial charge on any atom is -0.360 e. The van der Waals surface area contributed by atoms with Gasteiger partial charge in [0.25, 0.3) is 5.91 Å². The van der Waals surface area contributed by atoms with Crippen molar-refractivity contribution in [2.45, 2.75) is 32.4 Å². The summed E-state index contributed by atoms with van der Waals surface area (Å²) in [7, 11) is 0. The molecule has 0 radical (unpaired) electrons. The number of halogens is 4. The minimum atomic E-state index is -4.52. The lowest BCUT2D eigenvalue weighted by molar-refractivity contribution is -0.137. The first-order valence-corrected chi connectivity index (χ1v) is 7.79. The van der Waals surface area contributed by atoms with Crippen molar-refractivity contribution in [3.8, 4) is 0 Å². The van der Waals surface area contributed by atoms with Crippen LogP contribution in [0.25, 0.3) is 0 Å². The maximum absolute atomic E-state index is 12.8. The fourth-order valence-corrected chi connectivity index (χ4v) is 2.90. The number of anilines is 1. The average Bonchev–Trinajstić information content (AvgIpc) is 2.91. The third-order valence-corrected chi connectivity index (χ3v) is 4.37. The molecule has 1 aromatic carbocycles. The van der Waals surface area contributed by atoms with Gasteiger partial charge < -0.3 is 9.84 Å². The van der Waals surface area contributed by atoms with Gasteiger partial charge in [0, 0.05) is 12.0 Å². The SMILES string of the molecule is CC1CCc2onc(C(=O)Nc3cc(C(F)(F)F)ccc3Cl)c2C1. The van der Waals surface area contributed by atoms with Gasteiger partial charge in [-0.05, 0) is 37.0 Å². The molecule has 0 bridgehead atoms. The molecule has 1 N–H and O–H groups in total.